The summed E-state index contributed by atoms with van der Waals surface area (Å²) in [5, 5.41) is 0. The summed E-state index contributed by atoms with van der Waals surface area (Å²) >= 11 is 0. The molecule has 2 rings (SSSR count). The number of piperidine rings is 1. The van der Waals surface area contributed by atoms with Gasteiger partial charge >= 0.3 is 0 Å². The van der Waals surface area contributed by atoms with Gasteiger partial charge in [-0.15, -0.1) is 0 Å². The van der Waals surface area contributed by atoms with Crippen molar-refractivity contribution >= 4 is 12.0 Å². The zero-order valence-electron chi connectivity index (χ0n) is 11.0. The third kappa shape index (κ3) is 3.22. The van der Waals surface area contributed by atoms with E-state index in [1.54, 1.807) is 6.08 Å². The summed E-state index contributed by atoms with van der Waals surface area (Å²) in [4.78, 5) is 14.2. The lowest BCUT2D eigenvalue weighted by Gasteiger charge is -2.34. The van der Waals surface area contributed by atoms with Crippen molar-refractivity contribution in [3.05, 3.63) is 42.0 Å². The molecular weight excluding hydrogens is 222 g/mol. The summed E-state index contributed by atoms with van der Waals surface area (Å²) in [6.07, 6.45) is 8.23. The fraction of sp³-hybridized carbons (Fsp3) is 0.438. The molecular formula is C16H21NO. The van der Waals surface area contributed by atoms with E-state index in [9.17, 15) is 4.79 Å². The minimum absolute atomic E-state index is 0.158. The van der Waals surface area contributed by atoms with E-state index in [0.717, 1.165) is 31.4 Å². The van der Waals surface area contributed by atoms with Gasteiger partial charge in [-0.25, -0.2) is 0 Å². The smallest absolute Gasteiger partial charge is 0.246 e. The molecule has 0 radical (unpaired) electrons. The van der Waals surface area contributed by atoms with Gasteiger partial charge in [-0.05, 0) is 37.3 Å². The Morgan fingerprint density at radius 2 is 2.11 bits per heavy atom. The number of carbonyl (C=O) groups excluding carboxylic acids is 1. The number of rotatable bonds is 3. The lowest BCUT2D eigenvalue weighted by atomic mass is 10.00. The third-order valence-electron chi connectivity index (χ3n) is 3.60. The second-order valence-electron chi connectivity index (χ2n) is 4.83. The van der Waals surface area contributed by atoms with Gasteiger partial charge in [0.1, 0.15) is 0 Å². The molecule has 0 aliphatic carbocycles. The Kier molecular flexibility index (Phi) is 4.57. The zero-order chi connectivity index (χ0) is 12.8. The van der Waals surface area contributed by atoms with Crippen LogP contribution in [0.25, 0.3) is 6.08 Å². The maximum absolute atomic E-state index is 12.2. The monoisotopic (exact) mass is 243 g/mol. The van der Waals surface area contributed by atoms with Gasteiger partial charge in [-0.2, -0.15) is 0 Å². The fourth-order valence-corrected chi connectivity index (χ4v) is 2.54. The van der Waals surface area contributed by atoms with Gasteiger partial charge in [0.2, 0.25) is 5.91 Å². The molecule has 1 aromatic carbocycles. The topological polar surface area (TPSA) is 20.3 Å². The number of hydrogen-bond acceptors (Lipinski definition) is 1. The van der Waals surface area contributed by atoms with Crippen molar-refractivity contribution < 1.29 is 4.79 Å². The molecule has 1 unspecified atom stereocenters. The zero-order valence-corrected chi connectivity index (χ0v) is 11.0. The molecule has 1 heterocycles. The van der Waals surface area contributed by atoms with Crippen LogP contribution in [0.3, 0.4) is 0 Å². The average molecular weight is 243 g/mol. The summed E-state index contributed by atoms with van der Waals surface area (Å²) in [6, 6.07) is 10.4. The summed E-state index contributed by atoms with van der Waals surface area (Å²) in [5.74, 6) is 0.158. The summed E-state index contributed by atoms with van der Waals surface area (Å²) in [7, 11) is 0. The van der Waals surface area contributed by atoms with Gasteiger partial charge in [-0.3, -0.25) is 4.79 Å². The van der Waals surface area contributed by atoms with Crippen LogP contribution < -0.4 is 0 Å². The molecule has 1 aliphatic heterocycles. The Bertz CT molecular complexity index is 410. The normalized spacial score (nSPS) is 20.3. The third-order valence-corrected chi connectivity index (χ3v) is 3.60. The van der Waals surface area contributed by atoms with E-state index in [4.69, 9.17) is 0 Å². The van der Waals surface area contributed by atoms with Crippen molar-refractivity contribution in [2.45, 2.75) is 38.6 Å². The van der Waals surface area contributed by atoms with Gasteiger partial charge in [-0.1, -0.05) is 37.3 Å². The van der Waals surface area contributed by atoms with Gasteiger partial charge < -0.3 is 4.90 Å². The van der Waals surface area contributed by atoms with Crippen LogP contribution in [0.2, 0.25) is 0 Å². The highest BCUT2D eigenvalue weighted by Crippen LogP contribution is 2.19. The predicted molar refractivity (Wildman–Crippen MR) is 75.1 cm³/mol. The Balaban J connectivity index is 2.00. The fourth-order valence-electron chi connectivity index (χ4n) is 2.54. The van der Waals surface area contributed by atoms with Crippen molar-refractivity contribution in [3.63, 3.8) is 0 Å². The summed E-state index contributed by atoms with van der Waals surface area (Å²) < 4.78 is 0. The van der Waals surface area contributed by atoms with E-state index in [1.807, 2.05) is 41.3 Å². The van der Waals surface area contributed by atoms with Crippen LogP contribution in [0.15, 0.2) is 36.4 Å². The van der Waals surface area contributed by atoms with E-state index in [2.05, 4.69) is 6.92 Å². The SMILES string of the molecule is CCC1CCCCN1C(=O)/C=C/c1ccccc1. The van der Waals surface area contributed by atoms with E-state index >= 15 is 0 Å². The molecule has 0 aromatic heterocycles. The molecule has 96 valence electrons. The summed E-state index contributed by atoms with van der Waals surface area (Å²) in [6.45, 7) is 3.08. The van der Waals surface area contributed by atoms with Crippen molar-refractivity contribution in [2.24, 2.45) is 0 Å². The number of benzene rings is 1. The molecule has 0 spiro atoms. The van der Waals surface area contributed by atoms with Crippen LogP contribution in [0.4, 0.5) is 0 Å². The van der Waals surface area contributed by atoms with Crippen molar-refractivity contribution in [1.82, 2.24) is 4.90 Å². The number of hydrogen-bond donors (Lipinski definition) is 0. The number of carbonyl (C=O) groups is 1. The first-order valence-electron chi connectivity index (χ1n) is 6.85. The van der Waals surface area contributed by atoms with Gasteiger partial charge in [0.15, 0.2) is 0 Å². The average Bonchev–Trinajstić information content (AvgIpc) is 2.45. The number of likely N-dealkylation sites (tertiary alicyclic amines) is 1. The molecule has 1 aliphatic rings. The molecule has 2 heteroatoms. The second-order valence-corrected chi connectivity index (χ2v) is 4.83. The number of amides is 1. The van der Waals surface area contributed by atoms with Crippen LogP contribution in [-0.4, -0.2) is 23.4 Å². The van der Waals surface area contributed by atoms with Gasteiger partial charge in [0.25, 0.3) is 0 Å². The highest BCUT2D eigenvalue weighted by molar-refractivity contribution is 5.92. The molecule has 0 saturated carbocycles. The Labute approximate surface area is 109 Å². The van der Waals surface area contributed by atoms with Crippen LogP contribution in [0.1, 0.15) is 38.2 Å². The van der Waals surface area contributed by atoms with E-state index < -0.39 is 0 Å². The first kappa shape index (κ1) is 12.9. The molecule has 2 nitrogen and oxygen atoms in total. The standard InChI is InChI=1S/C16H21NO/c1-2-15-10-6-7-13-17(15)16(18)12-11-14-8-4-3-5-9-14/h3-5,8-9,11-12,15H,2,6-7,10,13H2,1H3/b12-11+. The van der Waals surface area contributed by atoms with Crippen LogP contribution >= 0.6 is 0 Å². The Morgan fingerprint density at radius 1 is 1.33 bits per heavy atom. The molecule has 0 N–H and O–H groups in total. The summed E-state index contributed by atoms with van der Waals surface area (Å²) in [5.41, 5.74) is 1.08. The highest BCUT2D eigenvalue weighted by Gasteiger charge is 2.23. The minimum Gasteiger partial charge on any atom is -0.336 e. The van der Waals surface area contributed by atoms with Crippen molar-refractivity contribution in [3.8, 4) is 0 Å². The lowest BCUT2D eigenvalue weighted by Crippen LogP contribution is -2.42. The molecule has 1 aromatic rings. The largest absolute Gasteiger partial charge is 0.336 e. The Hall–Kier alpha value is -1.57. The maximum atomic E-state index is 12.2. The van der Waals surface area contributed by atoms with Crippen LogP contribution in [0, 0.1) is 0 Å². The van der Waals surface area contributed by atoms with E-state index in [-0.39, 0.29) is 5.91 Å². The van der Waals surface area contributed by atoms with Crippen LogP contribution in [0.5, 0.6) is 0 Å². The molecule has 1 amide bonds. The quantitative estimate of drug-likeness (QED) is 0.744. The van der Waals surface area contributed by atoms with E-state index in [0.29, 0.717) is 6.04 Å². The molecule has 1 saturated heterocycles. The van der Waals surface area contributed by atoms with E-state index in [1.165, 1.54) is 6.42 Å². The first-order valence-corrected chi connectivity index (χ1v) is 6.85. The predicted octanol–water partition coefficient (Wildman–Crippen LogP) is 3.49. The number of nitrogens with zero attached hydrogens (tertiary/aromatic N) is 1. The van der Waals surface area contributed by atoms with Gasteiger partial charge in [0.05, 0.1) is 0 Å². The minimum atomic E-state index is 0.158. The van der Waals surface area contributed by atoms with Crippen LogP contribution in [-0.2, 0) is 4.79 Å². The molecule has 0 bridgehead atoms. The molecule has 1 fully saturated rings. The maximum Gasteiger partial charge on any atom is 0.246 e. The van der Waals surface area contributed by atoms with Crippen molar-refractivity contribution in [1.29, 1.82) is 0 Å². The lowest BCUT2D eigenvalue weighted by molar-refractivity contribution is -0.129. The highest BCUT2D eigenvalue weighted by atomic mass is 16.2. The van der Waals surface area contributed by atoms with Gasteiger partial charge in [0, 0.05) is 18.7 Å². The Morgan fingerprint density at radius 3 is 2.83 bits per heavy atom. The molecule has 1 atom stereocenters. The molecule has 18 heavy (non-hydrogen) atoms. The second kappa shape index (κ2) is 6.39. The van der Waals surface area contributed by atoms with Crippen molar-refractivity contribution in [2.75, 3.05) is 6.54 Å². The first-order chi connectivity index (χ1) is 8.81.